The smallest absolute Gasteiger partial charge is 0.253 e. The van der Waals surface area contributed by atoms with Crippen LogP contribution in [0.2, 0.25) is 0 Å². The van der Waals surface area contributed by atoms with Crippen molar-refractivity contribution in [2.24, 2.45) is 0 Å². The summed E-state index contributed by atoms with van der Waals surface area (Å²) in [6.45, 7) is 3.22. The van der Waals surface area contributed by atoms with Crippen LogP contribution in [0.15, 0.2) is 29.2 Å². The van der Waals surface area contributed by atoms with Crippen LogP contribution in [0, 0.1) is 0 Å². The molecule has 0 aliphatic carbocycles. The summed E-state index contributed by atoms with van der Waals surface area (Å²) in [4.78, 5) is 26.3. The van der Waals surface area contributed by atoms with Crippen molar-refractivity contribution in [1.82, 2.24) is 4.90 Å². The van der Waals surface area contributed by atoms with Gasteiger partial charge in [-0.05, 0) is 30.0 Å². The molecule has 0 spiro atoms. The number of nitrogens with zero attached hydrogens (tertiary/aromatic N) is 1. The van der Waals surface area contributed by atoms with Gasteiger partial charge in [-0.3, -0.25) is 9.59 Å². The molecule has 1 heterocycles. The molecule has 18 heavy (non-hydrogen) atoms. The number of likely N-dealkylation sites (tertiary alicyclic amines) is 1. The number of thioether (sulfide) groups is 1. The van der Waals surface area contributed by atoms with Crippen LogP contribution in [0.3, 0.4) is 0 Å². The number of hydrogen-bond acceptors (Lipinski definition) is 3. The Kier molecular flexibility index (Phi) is 4.42. The third kappa shape index (κ3) is 3.13. The van der Waals surface area contributed by atoms with Gasteiger partial charge in [0, 0.05) is 36.4 Å². The second kappa shape index (κ2) is 6.05. The first-order valence-corrected chi connectivity index (χ1v) is 7.23. The summed E-state index contributed by atoms with van der Waals surface area (Å²) in [5.74, 6) is 1.32. The lowest BCUT2D eigenvalue weighted by Gasteiger charge is -2.26. The van der Waals surface area contributed by atoms with Gasteiger partial charge in [-0.15, -0.1) is 11.8 Å². The zero-order valence-electron chi connectivity index (χ0n) is 10.5. The number of hydrogen-bond donors (Lipinski definition) is 0. The number of amides is 1. The highest BCUT2D eigenvalue weighted by atomic mass is 32.2. The van der Waals surface area contributed by atoms with Crippen LogP contribution in [0.4, 0.5) is 0 Å². The van der Waals surface area contributed by atoms with E-state index < -0.39 is 0 Å². The SMILES string of the molecule is CCSc1ccc(C(=O)N2CCC(=O)CC2)cc1. The van der Waals surface area contributed by atoms with Crippen LogP contribution in [0.25, 0.3) is 0 Å². The molecule has 0 bridgehead atoms. The molecule has 4 heteroatoms. The van der Waals surface area contributed by atoms with Gasteiger partial charge < -0.3 is 4.90 Å². The van der Waals surface area contributed by atoms with E-state index in [1.165, 1.54) is 4.90 Å². The highest BCUT2D eigenvalue weighted by Gasteiger charge is 2.21. The zero-order chi connectivity index (χ0) is 13.0. The van der Waals surface area contributed by atoms with Crippen LogP contribution >= 0.6 is 11.8 Å². The largest absolute Gasteiger partial charge is 0.338 e. The van der Waals surface area contributed by atoms with Crippen molar-refractivity contribution in [3.05, 3.63) is 29.8 Å². The molecule has 2 rings (SSSR count). The Labute approximate surface area is 112 Å². The maximum absolute atomic E-state index is 12.2. The molecule has 1 amide bonds. The molecular formula is C14H17NO2S. The molecule has 1 aromatic carbocycles. The lowest BCUT2D eigenvalue weighted by molar-refractivity contribution is -0.120. The lowest BCUT2D eigenvalue weighted by atomic mass is 10.1. The summed E-state index contributed by atoms with van der Waals surface area (Å²) in [5, 5.41) is 0. The fourth-order valence-electron chi connectivity index (χ4n) is 2.00. The molecule has 3 nitrogen and oxygen atoms in total. The number of rotatable bonds is 3. The van der Waals surface area contributed by atoms with E-state index in [4.69, 9.17) is 0 Å². The summed E-state index contributed by atoms with van der Waals surface area (Å²) < 4.78 is 0. The van der Waals surface area contributed by atoms with E-state index in [-0.39, 0.29) is 11.7 Å². The molecule has 0 radical (unpaired) electrons. The maximum atomic E-state index is 12.2. The minimum absolute atomic E-state index is 0.0375. The summed E-state index contributed by atoms with van der Waals surface area (Å²) in [6, 6.07) is 7.71. The first-order valence-electron chi connectivity index (χ1n) is 6.24. The van der Waals surface area contributed by atoms with Gasteiger partial charge in [-0.1, -0.05) is 6.92 Å². The molecule has 1 aliphatic heterocycles. The zero-order valence-corrected chi connectivity index (χ0v) is 11.3. The molecule has 0 aromatic heterocycles. The summed E-state index contributed by atoms with van der Waals surface area (Å²) in [7, 11) is 0. The maximum Gasteiger partial charge on any atom is 0.253 e. The van der Waals surface area contributed by atoms with Crippen molar-refractivity contribution in [3.8, 4) is 0 Å². The Morgan fingerprint density at radius 2 is 1.83 bits per heavy atom. The fraction of sp³-hybridized carbons (Fsp3) is 0.429. The lowest BCUT2D eigenvalue weighted by Crippen LogP contribution is -2.38. The monoisotopic (exact) mass is 263 g/mol. The van der Waals surface area contributed by atoms with Gasteiger partial charge in [-0.25, -0.2) is 0 Å². The number of piperidine rings is 1. The number of carbonyl (C=O) groups is 2. The first kappa shape index (κ1) is 13.1. The van der Waals surface area contributed by atoms with Gasteiger partial charge in [0.1, 0.15) is 5.78 Å². The van der Waals surface area contributed by atoms with E-state index in [0.717, 1.165) is 5.75 Å². The van der Waals surface area contributed by atoms with Crippen LogP contribution < -0.4 is 0 Å². The second-order valence-electron chi connectivity index (χ2n) is 4.29. The van der Waals surface area contributed by atoms with Crippen LogP contribution in [-0.2, 0) is 4.79 Å². The van der Waals surface area contributed by atoms with Crippen LogP contribution in [0.5, 0.6) is 0 Å². The van der Waals surface area contributed by atoms with Gasteiger partial charge in [0.05, 0.1) is 0 Å². The van der Waals surface area contributed by atoms with E-state index in [1.54, 1.807) is 16.7 Å². The van der Waals surface area contributed by atoms with Crippen LogP contribution in [-0.4, -0.2) is 35.4 Å². The Morgan fingerprint density at radius 3 is 2.39 bits per heavy atom. The Bertz CT molecular complexity index is 432. The number of Topliss-reactive ketones (excluding diaryl/α,β-unsaturated/α-hetero) is 1. The van der Waals surface area contributed by atoms with Crippen LogP contribution in [0.1, 0.15) is 30.1 Å². The number of carbonyl (C=O) groups excluding carboxylic acids is 2. The normalized spacial score (nSPS) is 15.8. The molecule has 1 aliphatic rings. The average molecular weight is 263 g/mol. The quantitative estimate of drug-likeness (QED) is 0.787. The number of benzene rings is 1. The van der Waals surface area contributed by atoms with E-state index in [2.05, 4.69) is 6.92 Å². The predicted molar refractivity (Wildman–Crippen MR) is 73.0 cm³/mol. The Hall–Kier alpha value is -1.29. The molecule has 96 valence electrons. The Balaban J connectivity index is 2.02. The Morgan fingerprint density at radius 1 is 1.22 bits per heavy atom. The molecule has 1 aromatic rings. The highest BCUT2D eigenvalue weighted by Crippen LogP contribution is 2.19. The first-order chi connectivity index (χ1) is 8.70. The molecule has 0 atom stereocenters. The van der Waals surface area contributed by atoms with Crippen molar-refractivity contribution in [2.45, 2.75) is 24.7 Å². The van der Waals surface area contributed by atoms with Crippen molar-refractivity contribution in [1.29, 1.82) is 0 Å². The third-order valence-corrected chi connectivity index (χ3v) is 3.91. The molecule has 1 saturated heterocycles. The summed E-state index contributed by atoms with van der Waals surface area (Å²) >= 11 is 1.76. The van der Waals surface area contributed by atoms with Crippen molar-refractivity contribution in [2.75, 3.05) is 18.8 Å². The van der Waals surface area contributed by atoms with Gasteiger partial charge >= 0.3 is 0 Å². The standard InChI is InChI=1S/C14H17NO2S/c1-2-18-13-5-3-11(4-6-13)14(17)15-9-7-12(16)8-10-15/h3-6H,2,7-10H2,1H3. The summed E-state index contributed by atoms with van der Waals surface area (Å²) in [6.07, 6.45) is 0.991. The van der Waals surface area contributed by atoms with E-state index >= 15 is 0 Å². The topological polar surface area (TPSA) is 37.4 Å². The van der Waals surface area contributed by atoms with Gasteiger partial charge in [0.2, 0.25) is 0 Å². The second-order valence-corrected chi connectivity index (χ2v) is 5.63. The fourth-order valence-corrected chi connectivity index (χ4v) is 2.66. The molecule has 0 saturated carbocycles. The molecule has 0 unspecified atom stereocenters. The van der Waals surface area contributed by atoms with Crippen molar-refractivity contribution >= 4 is 23.5 Å². The minimum Gasteiger partial charge on any atom is -0.338 e. The average Bonchev–Trinajstić information content (AvgIpc) is 2.40. The van der Waals surface area contributed by atoms with E-state index in [1.807, 2.05) is 24.3 Å². The highest BCUT2D eigenvalue weighted by molar-refractivity contribution is 7.99. The molecule has 0 N–H and O–H groups in total. The molecular weight excluding hydrogens is 246 g/mol. The van der Waals surface area contributed by atoms with Crippen molar-refractivity contribution in [3.63, 3.8) is 0 Å². The number of ketones is 1. The predicted octanol–water partition coefficient (Wildman–Crippen LogP) is 2.60. The minimum atomic E-state index is 0.0375. The summed E-state index contributed by atoms with van der Waals surface area (Å²) in [5.41, 5.74) is 0.713. The van der Waals surface area contributed by atoms with Gasteiger partial charge in [0.25, 0.3) is 5.91 Å². The van der Waals surface area contributed by atoms with Gasteiger partial charge in [0.15, 0.2) is 0 Å². The van der Waals surface area contributed by atoms with E-state index in [9.17, 15) is 9.59 Å². The van der Waals surface area contributed by atoms with Gasteiger partial charge in [-0.2, -0.15) is 0 Å². The molecule has 1 fully saturated rings. The third-order valence-electron chi connectivity index (χ3n) is 3.02. The van der Waals surface area contributed by atoms with Crippen molar-refractivity contribution < 1.29 is 9.59 Å². The van der Waals surface area contributed by atoms with E-state index in [0.29, 0.717) is 31.5 Å².